The van der Waals surface area contributed by atoms with Crippen molar-refractivity contribution >= 4 is 11.8 Å². The first-order valence-corrected chi connectivity index (χ1v) is 4.95. The largest absolute Gasteiger partial charge is 0.508 e. The zero-order valence-electron chi connectivity index (χ0n) is 7.04. The number of benzene rings is 1. The summed E-state index contributed by atoms with van der Waals surface area (Å²) in [6.07, 6.45) is 1.89. The normalized spacial score (nSPS) is 12.9. The van der Waals surface area contributed by atoms with E-state index in [-0.39, 0.29) is 16.8 Å². The summed E-state index contributed by atoms with van der Waals surface area (Å²) in [6, 6.07) is 4.37. The molecule has 12 heavy (non-hydrogen) atoms. The minimum Gasteiger partial charge on any atom is -0.508 e. The van der Waals surface area contributed by atoms with Gasteiger partial charge in [-0.25, -0.2) is 4.39 Å². The Kier molecular flexibility index (Phi) is 2.98. The van der Waals surface area contributed by atoms with Gasteiger partial charge in [0.15, 0.2) is 0 Å². The molecular weight excluding hydrogens is 175 g/mol. The SMILES string of the molecule is CSC(C)c1c(O)cccc1F. The maximum atomic E-state index is 13.1. The van der Waals surface area contributed by atoms with Gasteiger partial charge in [0.25, 0.3) is 0 Å². The third-order valence-corrected chi connectivity index (χ3v) is 2.73. The van der Waals surface area contributed by atoms with Crippen LogP contribution in [0.2, 0.25) is 0 Å². The average Bonchev–Trinajstić information content (AvgIpc) is 2.03. The molecule has 0 fully saturated rings. The molecule has 0 radical (unpaired) electrons. The molecule has 0 aliphatic carbocycles. The fourth-order valence-electron chi connectivity index (χ4n) is 1.05. The lowest BCUT2D eigenvalue weighted by atomic mass is 10.1. The maximum Gasteiger partial charge on any atom is 0.131 e. The van der Waals surface area contributed by atoms with Crippen LogP contribution in [-0.4, -0.2) is 11.4 Å². The first-order valence-electron chi connectivity index (χ1n) is 3.67. The fraction of sp³-hybridized carbons (Fsp3) is 0.333. The molecule has 3 heteroatoms. The van der Waals surface area contributed by atoms with Gasteiger partial charge in [-0.05, 0) is 25.3 Å². The number of rotatable bonds is 2. The van der Waals surface area contributed by atoms with Crippen LogP contribution in [0.4, 0.5) is 4.39 Å². The minimum absolute atomic E-state index is 0.00815. The molecule has 0 saturated carbocycles. The second kappa shape index (κ2) is 3.81. The van der Waals surface area contributed by atoms with Crippen molar-refractivity contribution < 1.29 is 9.50 Å². The van der Waals surface area contributed by atoms with Crippen molar-refractivity contribution in [2.45, 2.75) is 12.2 Å². The lowest BCUT2D eigenvalue weighted by Crippen LogP contribution is -1.92. The monoisotopic (exact) mass is 186 g/mol. The highest BCUT2D eigenvalue weighted by atomic mass is 32.2. The molecule has 1 rings (SSSR count). The first kappa shape index (κ1) is 9.39. The molecule has 1 atom stereocenters. The van der Waals surface area contributed by atoms with E-state index in [0.717, 1.165) is 0 Å². The molecule has 0 amide bonds. The molecule has 0 aliphatic heterocycles. The van der Waals surface area contributed by atoms with Gasteiger partial charge in [-0.2, -0.15) is 11.8 Å². The molecule has 0 saturated heterocycles. The van der Waals surface area contributed by atoms with Crippen LogP contribution in [0.1, 0.15) is 17.7 Å². The van der Waals surface area contributed by atoms with Gasteiger partial charge in [-0.1, -0.05) is 6.07 Å². The Bertz CT molecular complexity index is 255. The molecule has 0 bridgehead atoms. The van der Waals surface area contributed by atoms with Gasteiger partial charge >= 0.3 is 0 Å². The third-order valence-electron chi connectivity index (χ3n) is 1.79. The van der Waals surface area contributed by atoms with Crippen LogP contribution in [0.25, 0.3) is 0 Å². The van der Waals surface area contributed by atoms with Gasteiger partial charge in [0.1, 0.15) is 11.6 Å². The van der Waals surface area contributed by atoms with Crippen molar-refractivity contribution in [1.82, 2.24) is 0 Å². The van der Waals surface area contributed by atoms with E-state index in [2.05, 4.69) is 0 Å². The zero-order valence-corrected chi connectivity index (χ0v) is 7.86. The molecule has 0 spiro atoms. The predicted molar refractivity (Wildman–Crippen MR) is 50.0 cm³/mol. The second-order valence-electron chi connectivity index (χ2n) is 2.55. The maximum absolute atomic E-state index is 13.1. The molecule has 0 aromatic heterocycles. The van der Waals surface area contributed by atoms with Gasteiger partial charge in [-0.15, -0.1) is 0 Å². The molecule has 0 aliphatic rings. The summed E-state index contributed by atoms with van der Waals surface area (Å²) in [6.45, 7) is 1.86. The summed E-state index contributed by atoms with van der Waals surface area (Å²) in [5, 5.41) is 9.33. The number of phenols is 1. The number of aromatic hydroxyl groups is 1. The van der Waals surface area contributed by atoms with Gasteiger partial charge in [0.2, 0.25) is 0 Å². The summed E-state index contributed by atoms with van der Waals surface area (Å²) >= 11 is 1.51. The third kappa shape index (κ3) is 1.72. The number of hydrogen-bond donors (Lipinski definition) is 1. The second-order valence-corrected chi connectivity index (χ2v) is 3.73. The van der Waals surface area contributed by atoms with Crippen LogP contribution >= 0.6 is 11.8 Å². The van der Waals surface area contributed by atoms with Crippen molar-refractivity contribution in [1.29, 1.82) is 0 Å². The predicted octanol–water partition coefficient (Wildman–Crippen LogP) is 2.96. The first-order chi connectivity index (χ1) is 5.66. The Morgan fingerprint density at radius 2 is 2.17 bits per heavy atom. The Morgan fingerprint density at radius 1 is 1.50 bits per heavy atom. The minimum atomic E-state index is -0.336. The summed E-state index contributed by atoms with van der Waals surface area (Å²) < 4.78 is 13.1. The zero-order chi connectivity index (χ0) is 9.14. The molecule has 1 N–H and O–H groups in total. The number of hydrogen-bond acceptors (Lipinski definition) is 2. The summed E-state index contributed by atoms with van der Waals surface area (Å²) in [7, 11) is 0. The molecule has 1 nitrogen and oxygen atoms in total. The van der Waals surface area contributed by atoms with Crippen molar-refractivity contribution in [3.8, 4) is 5.75 Å². The Balaban J connectivity index is 3.12. The standard InChI is InChI=1S/C9H11FOS/c1-6(12-2)9-7(10)4-3-5-8(9)11/h3-6,11H,1-2H3. The van der Waals surface area contributed by atoms with Gasteiger partial charge < -0.3 is 5.11 Å². The van der Waals surface area contributed by atoms with Crippen molar-refractivity contribution in [3.05, 3.63) is 29.6 Å². The van der Waals surface area contributed by atoms with E-state index in [1.807, 2.05) is 13.2 Å². The smallest absolute Gasteiger partial charge is 0.131 e. The summed E-state index contributed by atoms with van der Waals surface area (Å²) in [4.78, 5) is 0. The lowest BCUT2D eigenvalue weighted by molar-refractivity contribution is 0.459. The number of halogens is 1. The van der Waals surface area contributed by atoms with Gasteiger partial charge in [-0.3, -0.25) is 0 Å². The van der Waals surface area contributed by atoms with Crippen LogP contribution in [0.15, 0.2) is 18.2 Å². The molecule has 1 aromatic rings. The molecule has 1 unspecified atom stereocenters. The Labute approximate surface area is 75.6 Å². The summed E-state index contributed by atoms with van der Waals surface area (Å²) in [5.41, 5.74) is 0.394. The van der Waals surface area contributed by atoms with Crippen LogP contribution in [-0.2, 0) is 0 Å². The van der Waals surface area contributed by atoms with E-state index in [1.165, 1.54) is 30.0 Å². The molecule has 0 heterocycles. The van der Waals surface area contributed by atoms with Crippen molar-refractivity contribution in [2.24, 2.45) is 0 Å². The van der Waals surface area contributed by atoms with E-state index < -0.39 is 0 Å². The quantitative estimate of drug-likeness (QED) is 0.766. The summed E-state index contributed by atoms with van der Waals surface area (Å²) in [5.74, 6) is -0.297. The van der Waals surface area contributed by atoms with E-state index in [1.54, 1.807) is 0 Å². The van der Waals surface area contributed by atoms with Crippen LogP contribution < -0.4 is 0 Å². The average molecular weight is 186 g/mol. The van der Waals surface area contributed by atoms with E-state index in [4.69, 9.17) is 0 Å². The van der Waals surface area contributed by atoms with Crippen molar-refractivity contribution in [2.75, 3.05) is 6.26 Å². The Morgan fingerprint density at radius 3 is 2.67 bits per heavy atom. The van der Waals surface area contributed by atoms with Crippen LogP contribution in [0, 0.1) is 5.82 Å². The fourth-order valence-corrected chi connectivity index (χ4v) is 1.51. The van der Waals surface area contributed by atoms with Gasteiger partial charge in [0, 0.05) is 10.8 Å². The number of thioether (sulfide) groups is 1. The highest BCUT2D eigenvalue weighted by molar-refractivity contribution is 7.98. The highest BCUT2D eigenvalue weighted by Crippen LogP contribution is 2.34. The van der Waals surface area contributed by atoms with Crippen molar-refractivity contribution in [3.63, 3.8) is 0 Å². The van der Waals surface area contributed by atoms with E-state index >= 15 is 0 Å². The van der Waals surface area contributed by atoms with E-state index in [9.17, 15) is 9.50 Å². The molecule has 66 valence electrons. The molecule has 1 aromatic carbocycles. The molecular formula is C9H11FOS. The van der Waals surface area contributed by atoms with Crippen LogP contribution in [0.3, 0.4) is 0 Å². The lowest BCUT2D eigenvalue weighted by Gasteiger charge is -2.10. The topological polar surface area (TPSA) is 20.2 Å². The highest BCUT2D eigenvalue weighted by Gasteiger charge is 2.13. The Hall–Kier alpha value is -0.700. The number of phenolic OH excluding ortho intramolecular Hbond substituents is 1. The van der Waals surface area contributed by atoms with E-state index in [0.29, 0.717) is 5.56 Å². The van der Waals surface area contributed by atoms with Crippen LogP contribution in [0.5, 0.6) is 5.75 Å². The van der Waals surface area contributed by atoms with Gasteiger partial charge in [0.05, 0.1) is 0 Å².